The van der Waals surface area contributed by atoms with Gasteiger partial charge in [-0.3, -0.25) is 0 Å². The maximum Gasteiger partial charge on any atom is 0.334 e. The number of methoxy groups -OCH3 is 1. The van der Waals surface area contributed by atoms with E-state index in [-0.39, 0.29) is 16.7 Å². The summed E-state index contributed by atoms with van der Waals surface area (Å²) in [5.41, 5.74) is 0.437. The number of aliphatic hydroxyl groups is 1. The monoisotopic (exact) mass is 416 g/mol. The molecule has 0 spiro atoms. The molecule has 0 bridgehead atoms. The largest absolute Gasteiger partial charge is 0.466 e. The van der Waals surface area contributed by atoms with E-state index >= 15 is 0 Å². The summed E-state index contributed by atoms with van der Waals surface area (Å²) in [4.78, 5) is 24.7. The summed E-state index contributed by atoms with van der Waals surface area (Å²) in [5.74, 6) is 0.266. The summed E-state index contributed by atoms with van der Waals surface area (Å²) in [6.07, 6.45) is 9.84. The fourth-order valence-electron chi connectivity index (χ4n) is 9.26. The SMILES string of the molecule is COC(=O)C1=CC[C@H]2[C@]3(C)CC[C@H]4C(C)(C)CCC[C@]4(C)[C@H]3C[C@@H](O)[C@]2(C)[C@H]1C=O. The minimum absolute atomic E-state index is 0.0616. The van der Waals surface area contributed by atoms with Crippen LogP contribution in [0.4, 0.5) is 0 Å². The van der Waals surface area contributed by atoms with Crippen LogP contribution in [0.25, 0.3) is 0 Å². The van der Waals surface area contributed by atoms with Gasteiger partial charge in [0.05, 0.1) is 19.1 Å². The Kier molecular flexibility index (Phi) is 5.08. The lowest BCUT2D eigenvalue weighted by Crippen LogP contribution is -2.66. The summed E-state index contributed by atoms with van der Waals surface area (Å²) in [5, 5.41) is 11.6. The average Bonchev–Trinajstić information content (AvgIpc) is 2.68. The molecule has 0 saturated heterocycles. The van der Waals surface area contributed by atoms with E-state index < -0.39 is 23.4 Å². The standard InChI is InChI=1S/C26H40O4/c1-23(2)11-7-12-24(3)18(23)10-13-25(4)19-9-8-16(22(29)30-6)17(15-27)26(19,5)21(28)14-20(24)25/h8,15,17-21,28H,7,9-14H2,1-6H3/t17-,18-,19-,20+,21+,24-,25-,26+/m0/s1. The molecule has 4 aliphatic rings. The lowest BCUT2D eigenvalue weighted by molar-refractivity contribution is -0.231. The highest BCUT2D eigenvalue weighted by molar-refractivity contribution is 5.93. The number of aldehydes is 1. The minimum atomic E-state index is -0.626. The van der Waals surface area contributed by atoms with Gasteiger partial charge in [-0.25, -0.2) is 4.79 Å². The van der Waals surface area contributed by atoms with Crippen LogP contribution in [-0.2, 0) is 14.3 Å². The maximum atomic E-state index is 12.4. The quantitative estimate of drug-likeness (QED) is 0.511. The first kappa shape index (κ1) is 22.0. The van der Waals surface area contributed by atoms with Crippen molar-refractivity contribution < 1.29 is 19.4 Å². The maximum absolute atomic E-state index is 12.4. The van der Waals surface area contributed by atoms with Gasteiger partial charge >= 0.3 is 5.97 Å². The molecule has 0 radical (unpaired) electrons. The van der Waals surface area contributed by atoms with Crippen LogP contribution in [0.15, 0.2) is 11.6 Å². The van der Waals surface area contributed by atoms with Gasteiger partial charge in [-0.15, -0.1) is 0 Å². The first-order valence-electron chi connectivity index (χ1n) is 11.9. The van der Waals surface area contributed by atoms with Gasteiger partial charge in [0, 0.05) is 11.0 Å². The summed E-state index contributed by atoms with van der Waals surface area (Å²) in [6, 6.07) is 0. The molecule has 0 aromatic carbocycles. The summed E-state index contributed by atoms with van der Waals surface area (Å²) in [7, 11) is 1.36. The second-order valence-corrected chi connectivity index (χ2v) is 12.2. The summed E-state index contributed by atoms with van der Waals surface area (Å²) >= 11 is 0. The Hall–Kier alpha value is -1.16. The van der Waals surface area contributed by atoms with E-state index in [4.69, 9.17) is 4.74 Å². The van der Waals surface area contributed by atoms with Crippen LogP contribution in [0.3, 0.4) is 0 Å². The Morgan fingerprint density at radius 2 is 1.73 bits per heavy atom. The van der Waals surface area contributed by atoms with E-state index in [0.717, 1.165) is 25.5 Å². The number of rotatable bonds is 2. The summed E-state index contributed by atoms with van der Waals surface area (Å²) in [6.45, 7) is 11.9. The van der Waals surface area contributed by atoms with Crippen molar-refractivity contribution in [2.45, 2.75) is 85.7 Å². The number of fused-ring (bicyclic) bond motifs is 5. The lowest BCUT2D eigenvalue weighted by Gasteiger charge is -2.70. The van der Waals surface area contributed by atoms with Crippen LogP contribution in [0.1, 0.15) is 79.6 Å². The lowest BCUT2D eigenvalue weighted by atomic mass is 9.35. The smallest absolute Gasteiger partial charge is 0.334 e. The molecule has 3 fully saturated rings. The number of hydrogen-bond donors (Lipinski definition) is 1. The zero-order valence-electron chi connectivity index (χ0n) is 19.7. The molecule has 1 N–H and O–H groups in total. The molecular weight excluding hydrogens is 376 g/mol. The molecule has 0 heterocycles. The van der Waals surface area contributed by atoms with Gasteiger partial charge in [0.25, 0.3) is 0 Å². The number of aliphatic hydroxyl groups excluding tert-OH is 1. The second kappa shape index (κ2) is 6.92. The molecule has 4 heteroatoms. The highest BCUT2D eigenvalue weighted by atomic mass is 16.5. The number of allylic oxidation sites excluding steroid dienone is 1. The number of carbonyl (C=O) groups is 2. The van der Waals surface area contributed by atoms with Crippen LogP contribution < -0.4 is 0 Å². The molecule has 8 atom stereocenters. The van der Waals surface area contributed by atoms with E-state index in [9.17, 15) is 14.7 Å². The number of carbonyl (C=O) groups excluding carboxylic acids is 2. The van der Waals surface area contributed by atoms with E-state index in [1.807, 2.05) is 6.08 Å². The van der Waals surface area contributed by atoms with Crippen molar-refractivity contribution >= 4 is 12.3 Å². The molecule has 168 valence electrons. The molecule has 30 heavy (non-hydrogen) atoms. The van der Waals surface area contributed by atoms with Crippen molar-refractivity contribution in [1.29, 1.82) is 0 Å². The Balaban J connectivity index is 1.80. The molecule has 4 aliphatic carbocycles. The van der Waals surface area contributed by atoms with Gasteiger partial charge in [0.2, 0.25) is 0 Å². The van der Waals surface area contributed by atoms with Gasteiger partial charge in [-0.2, -0.15) is 0 Å². The van der Waals surface area contributed by atoms with Crippen molar-refractivity contribution in [3.63, 3.8) is 0 Å². The predicted molar refractivity (Wildman–Crippen MR) is 117 cm³/mol. The first-order chi connectivity index (χ1) is 14.0. The van der Waals surface area contributed by atoms with E-state index in [0.29, 0.717) is 22.8 Å². The summed E-state index contributed by atoms with van der Waals surface area (Å²) < 4.78 is 4.98. The van der Waals surface area contributed by atoms with Crippen molar-refractivity contribution in [3.8, 4) is 0 Å². The van der Waals surface area contributed by atoms with Crippen LogP contribution in [0.5, 0.6) is 0 Å². The topological polar surface area (TPSA) is 63.6 Å². The average molecular weight is 417 g/mol. The van der Waals surface area contributed by atoms with Gasteiger partial charge in [0.1, 0.15) is 6.29 Å². The molecule has 3 saturated carbocycles. The van der Waals surface area contributed by atoms with Crippen molar-refractivity contribution in [2.75, 3.05) is 7.11 Å². The molecule has 0 aliphatic heterocycles. The molecule has 0 unspecified atom stereocenters. The number of hydrogen-bond acceptors (Lipinski definition) is 4. The van der Waals surface area contributed by atoms with E-state index in [1.54, 1.807) is 0 Å². The third-order valence-electron chi connectivity index (χ3n) is 10.7. The van der Waals surface area contributed by atoms with Crippen LogP contribution in [0, 0.1) is 45.3 Å². The first-order valence-corrected chi connectivity index (χ1v) is 11.9. The molecule has 0 aromatic heterocycles. The van der Waals surface area contributed by atoms with Crippen LogP contribution in [0.2, 0.25) is 0 Å². The van der Waals surface area contributed by atoms with Crippen molar-refractivity contribution in [1.82, 2.24) is 0 Å². The van der Waals surface area contributed by atoms with E-state index in [1.165, 1.54) is 32.8 Å². The molecule has 0 amide bonds. The Labute approximate surface area is 181 Å². The third kappa shape index (κ3) is 2.68. The zero-order chi connectivity index (χ0) is 22.1. The Morgan fingerprint density at radius 1 is 1.07 bits per heavy atom. The van der Waals surface area contributed by atoms with Crippen LogP contribution in [-0.4, -0.2) is 30.6 Å². The normalized spacial score (nSPS) is 49.7. The highest BCUT2D eigenvalue weighted by Gasteiger charge is 2.68. The minimum Gasteiger partial charge on any atom is -0.466 e. The molecular formula is C26H40O4. The molecule has 4 nitrogen and oxygen atoms in total. The van der Waals surface area contributed by atoms with Crippen molar-refractivity contribution in [3.05, 3.63) is 11.6 Å². The van der Waals surface area contributed by atoms with Gasteiger partial charge in [-0.05, 0) is 72.5 Å². The molecule has 4 rings (SSSR count). The fraction of sp³-hybridized carbons (Fsp3) is 0.846. The van der Waals surface area contributed by atoms with Gasteiger partial charge in [0.15, 0.2) is 0 Å². The van der Waals surface area contributed by atoms with Crippen molar-refractivity contribution in [2.24, 2.45) is 45.3 Å². The fourth-order valence-corrected chi connectivity index (χ4v) is 9.26. The van der Waals surface area contributed by atoms with Gasteiger partial charge < -0.3 is 14.6 Å². The molecule has 0 aromatic rings. The Morgan fingerprint density at radius 3 is 2.37 bits per heavy atom. The number of ether oxygens (including phenoxy) is 1. The van der Waals surface area contributed by atoms with Crippen LogP contribution >= 0.6 is 0 Å². The predicted octanol–water partition coefficient (Wildman–Crippen LogP) is 4.94. The number of esters is 1. The van der Waals surface area contributed by atoms with Gasteiger partial charge in [-0.1, -0.05) is 47.1 Å². The second-order valence-electron chi connectivity index (χ2n) is 12.2. The third-order valence-corrected chi connectivity index (χ3v) is 10.7. The zero-order valence-corrected chi connectivity index (χ0v) is 19.7. The van der Waals surface area contributed by atoms with E-state index in [2.05, 4.69) is 34.6 Å². The Bertz CT molecular complexity index is 769. The highest BCUT2D eigenvalue weighted by Crippen LogP contribution is 2.72.